The second-order valence-electron chi connectivity index (χ2n) is 10.1. The Morgan fingerprint density at radius 1 is 1.05 bits per heavy atom. The van der Waals surface area contributed by atoms with Crippen LogP contribution in [0.1, 0.15) is 69.4 Å². The number of carbonyl (C=O) groups is 2. The summed E-state index contributed by atoms with van der Waals surface area (Å²) in [6, 6.07) is 17.9. The van der Waals surface area contributed by atoms with Gasteiger partial charge in [0.15, 0.2) is 0 Å². The molecule has 0 bridgehead atoms. The van der Waals surface area contributed by atoms with Crippen LogP contribution in [0, 0.1) is 31.1 Å². The van der Waals surface area contributed by atoms with Crippen molar-refractivity contribution in [3.8, 4) is 12.3 Å². The maximum absolute atomic E-state index is 13.3. The van der Waals surface area contributed by atoms with Gasteiger partial charge in [-0.15, -0.1) is 23.9 Å². The first-order valence-corrected chi connectivity index (χ1v) is 14.4. The Morgan fingerprint density at radius 3 is 2.21 bits per heavy atom. The van der Waals surface area contributed by atoms with Gasteiger partial charge in [-0.1, -0.05) is 74.2 Å². The van der Waals surface area contributed by atoms with E-state index in [1.807, 2.05) is 49.4 Å². The molecule has 0 aromatic heterocycles. The number of esters is 1. The van der Waals surface area contributed by atoms with E-state index in [0.29, 0.717) is 0 Å². The molecule has 4 rings (SSSR count). The number of benzene rings is 2. The van der Waals surface area contributed by atoms with E-state index in [1.165, 1.54) is 26.1 Å². The number of terminal acetylenes is 1. The van der Waals surface area contributed by atoms with Crippen molar-refractivity contribution in [2.75, 3.05) is 18.2 Å². The number of quaternary nitrogens is 1. The van der Waals surface area contributed by atoms with Gasteiger partial charge in [0.2, 0.25) is 5.91 Å². The van der Waals surface area contributed by atoms with E-state index in [0.717, 1.165) is 61.9 Å². The van der Waals surface area contributed by atoms with E-state index >= 15 is 0 Å². The number of nitrogens with one attached hydrogen (secondary N) is 1. The zero-order chi connectivity index (χ0) is 28.0. The Balaban J connectivity index is 0.000000327. The predicted molar refractivity (Wildman–Crippen MR) is 156 cm³/mol. The second-order valence-corrected chi connectivity index (χ2v) is 10.1. The fourth-order valence-electron chi connectivity index (χ4n) is 5.47. The summed E-state index contributed by atoms with van der Waals surface area (Å²) >= 11 is 4.64. The van der Waals surface area contributed by atoms with Crippen molar-refractivity contribution in [3.63, 3.8) is 0 Å². The fraction of sp³-hybridized carbons (Fsp3) is 0.500. The third kappa shape index (κ3) is 8.35. The number of anilines is 1. The number of carbonyl (C=O) groups excluding carboxylic acids is 2. The van der Waals surface area contributed by atoms with Gasteiger partial charge in [0.05, 0.1) is 12.0 Å². The molecule has 4 N–H and O–H groups in total. The van der Waals surface area contributed by atoms with Crippen LogP contribution in [0.2, 0.25) is 0 Å². The normalized spacial score (nSPS) is 21.4. The summed E-state index contributed by atoms with van der Waals surface area (Å²) in [5, 5.41) is 2.73. The van der Waals surface area contributed by atoms with E-state index in [9.17, 15) is 9.59 Å². The number of ether oxygens (including phenoxy) is 1. The molecule has 206 valence electrons. The highest BCUT2D eigenvalue weighted by Gasteiger charge is 2.47. The monoisotopic (exact) mass is 539 g/mol. The first-order valence-electron chi connectivity index (χ1n) is 13.6. The van der Waals surface area contributed by atoms with Crippen LogP contribution in [-0.4, -0.2) is 30.9 Å². The van der Waals surface area contributed by atoms with E-state index in [2.05, 4.69) is 40.7 Å². The molecule has 3 atom stereocenters. The Kier molecular flexibility index (Phi) is 13.4. The molecule has 2 saturated carbocycles. The van der Waals surface area contributed by atoms with Crippen molar-refractivity contribution in [1.29, 1.82) is 0 Å². The molecule has 38 heavy (non-hydrogen) atoms. The molecule has 1 amide bonds. The Bertz CT molecular complexity index is 1040. The van der Waals surface area contributed by atoms with E-state index in [-0.39, 0.29) is 29.8 Å². The number of hydrogen-bond donors (Lipinski definition) is 2. The number of para-hydroxylation sites is 1. The Morgan fingerprint density at radius 2 is 1.66 bits per heavy atom. The number of hydrogen-bond acceptors (Lipinski definition) is 3. The van der Waals surface area contributed by atoms with Crippen molar-refractivity contribution < 1.29 is 20.1 Å². The molecule has 0 heterocycles. The van der Waals surface area contributed by atoms with E-state index in [1.54, 1.807) is 0 Å². The average molecular weight is 540 g/mol. The predicted octanol–water partition coefficient (Wildman–Crippen LogP) is 5.90. The molecule has 0 aliphatic heterocycles. The fourth-order valence-corrected chi connectivity index (χ4v) is 5.47. The van der Waals surface area contributed by atoms with Gasteiger partial charge in [0.25, 0.3) is 0 Å². The summed E-state index contributed by atoms with van der Waals surface area (Å²) in [5.41, 5.74) is 6.56. The highest BCUT2D eigenvalue weighted by Crippen LogP contribution is 2.43. The number of alkyl halides is 1. The first-order chi connectivity index (χ1) is 18.4. The summed E-state index contributed by atoms with van der Waals surface area (Å²) in [5.74, 6) is 3.31. The van der Waals surface area contributed by atoms with Gasteiger partial charge in [-0.3, -0.25) is 9.59 Å². The zero-order valence-electron chi connectivity index (χ0n) is 23.2. The van der Waals surface area contributed by atoms with Gasteiger partial charge >= 0.3 is 5.97 Å². The number of aryl methyl sites for hydroxylation is 1. The van der Waals surface area contributed by atoms with Crippen LogP contribution in [0.3, 0.4) is 0 Å². The minimum Gasteiger partial charge on any atom is -0.461 e. The first kappa shape index (κ1) is 31.4. The number of rotatable bonds is 6. The van der Waals surface area contributed by atoms with Gasteiger partial charge in [-0.05, 0) is 43.4 Å². The standard InChI is InChI=1S/C22H29NO2.C9H11NO.CH3Cl/c1-2-17-16-20(19(17)12-15-23)25-21(24)22(13-8-3-4-9-14-22)18-10-6-5-7-11-18;1-7-5-3-4-6-9(7)10-8(2)11;1-2/h1,5-7,10-11,17,19-20H,3-4,8-9,12-16,23H2;3-6H,1-2H3,(H,10,11);1H3/p+1. The third-order valence-electron chi connectivity index (χ3n) is 7.62. The van der Waals surface area contributed by atoms with Crippen LogP contribution in [0.5, 0.6) is 0 Å². The van der Waals surface area contributed by atoms with E-state index < -0.39 is 5.41 Å². The summed E-state index contributed by atoms with van der Waals surface area (Å²) in [6.07, 6.45) is 15.2. The Hall–Kier alpha value is -2.81. The highest BCUT2D eigenvalue weighted by atomic mass is 35.5. The van der Waals surface area contributed by atoms with Crippen LogP contribution in [0.4, 0.5) is 5.69 Å². The molecule has 2 aliphatic rings. The molecule has 2 aromatic carbocycles. The van der Waals surface area contributed by atoms with E-state index in [4.69, 9.17) is 11.2 Å². The lowest BCUT2D eigenvalue weighted by Crippen LogP contribution is -2.55. The van der Waals surface area contributed by atoms with Crippen LogP contribution in [0.15, 0.2) is 54.6 Å². The maximum atomic E-state index is 13.3. The highest BCUT2D eigenvalue weighted by molar-refractivity contribution is 6.15. The smallest absolute Gasteiger partial charge is 0.316 e. The summed E-state index contributed by atoms with van der Waals surface area (Å²) in [6.45, 7) is 4.30. The van der Waals surface area contributed by atoms with Crippen molar-refractivity contribution in [2.45, 2.75) is 76.7 Å². The molecular formula is C32H44ClN2O3+. The van der Waals surface area contributed by atoms with Crippen molar-refractivity contribution >= 4 is 29.2 Å². The van der Waals surface area contributed by atoms with Crippen molar-refractivity contribution in [3.05, 3.63) is 65.7 Å². The summed E-state index contributed by atoms with van der Waals surface area (Å²) in [4.78, 5) is 24.0. The molecular weight excluding hydrogens is 496 g/mol. The van der Waals surface area contributed by atoms with Gasteiger partial charge in [-0.2, -0.15) is 0 Å². The lowest BCUT2D eigenvalue weighted by Gasteiger charge is -2.43. The topological polar surface area (TPSA) is 83.0 Å². The number of halogens is 1. The molecule has 2 aliphatic carbocycles. The van der Waals surface area contributed by atoms with Gasteiger partial charge in [0.1, 0.15) is 6.10 Å². The van der Waals surface area contributed by atoms with Crippen LogP contribution >= 0.6 is 11.6 Å². The van der Waals surface area contributed by atoms with Crippen LogP contribution in [-0.2, 0) is 19.7 Å². The summed E-state index contributed by atoms with van der Waals surface area (Å²) in [7, 11) is 0. The number of amides is 1. The SMILES string of the molecule is C#CC1CC(OC(=O)C2(c3ccccc3)CCCCCC2)C1CC[NH3+].CC(=O)Nc1ccccc1C.CCl. The minimum absolute atomic E-state index is 0.0284. The molecule has 0 saturated heterocycles. The molecule has 2 aromatic rings. The zero-order valence-corrected chi connectivity index (χ0v) is 23.9. The third-order valence-corrected chi connectivity index (χ3v) is 7.62. The molecule has 3 unspecified atom stereocenters. The van der Waals surface area contributed by atoms with Crippen molar-refractivity contribution in [2.24, 2.45) is 11.8 Å². The average Bonchev–Trinajstić information content (AvgIpc) is 3.20. The van der Waals surface area contributed by atoms with Crippen LogP contribution in [0.25, 0.3) is 0 Å². The molecule has 5 nitrogen and oxygen atoms in total. The maximum Gasteiger partial charge on any atom is 0.316 e. The van der Waals surface area contributed by atoms with Gasteiger partial charge in [0, 0.05) is 37.3 Å². The summed E-state index contributed by atoms with van der Waals surface area (Å²) < 4.78 is 6.07. The van der Waals surface area contributed by atoms with Crippen LogP contribution < -0.4 is 11.1 Å². The van der Waals surface area contributed by atoms with Gasteiger partial charge < -0.3 is 15.8 Å². The van der Waals surface area contributed by atoms with Gasteiger partial charge in [-0.25, -0.2) is 0 Å². The minimum atomic E-state index is -0.478. The quantitative estimate of drug-likeness (QED) is 0.207. The molecule has 0 spiro atoms. The van der Waals surface area contributed by atoms with Crippen molar-refractivity contribution in [1.82, 2.24) is 0 Å². The second kappa shape index (κ2) is 16.2. The largest absolute Gasteiger partial charge is 0.461 e. The molecule has 2 fully saturated rings. The Labute approximate surface area is 233 Å². The molecule has 0 radical (unpaired) electrons. The lowest BCUT2D eigenvalue weighted by molar-refractivity contribution is -0.372. The molecule has 6 heteroatoms. The lowest BCUT2D eigenvalue weighted by atomic mass is 9.69.